The first-order valence-electron chi connectivity index (χ1n) is 5.65. The van der Waals surface area contributed by atoms with Gasteiger partial charge in [0, 0.05) is 25.9 Å². The standard InChI is InChI=1S/C12H27NO2/c1-11(2,13-5)7-10-15-12(3,4)8-9-14-6/h13H,7-10H2,1-6H3. The number of hydrogen-bond donors (Lipinski definition) is 1. The monoisotopic (exact) mass is 217 g/mol. The van der Waals surface area contributed by atoms with Crippen molar-refractivity contribution in [2.75, 3.05) is 27.4 Å². The van der Waals surface area contributed by atoms with Crippen molar-refractivity contribution in [2.24, 2.45) is 0 Å². The van der Waals surface area contributed by atoms with Gasteiger partial charge in [0.25, 0.3) is 0 Å². The van der Waals surface area contributed by atoms with Crippen LogP contribution in [-0.2, 0) is 9.47 Å². The van der Waals surface area contributed by atoms with Gasteiger partial charge in [-0.05, 0) is 47.6 Å². The predicted molar refractivity (Wildman–Crippen MR) is 64.3 cm³/mol. The van der Waals surface area contributed by atoms with Gasteiger partial charge in [-0.15, -0.1) is 0 Å². The Morgan fingerprint density at radius 2 is 1.60 bits per heavy atom. The SMILES string of the molecule is CNC(C)(C)CCOC(C)(C)CCOC. The molecule has 0 radical (unpaired) electrons. The zero-order valence-electron chi connectivity index (χ0n) is 11.1. The smallest absolute Gasteiger partial charge is 0.0648 e. The molecule has 0 aliphatic heterocycles. The minimum Gasteiger partial charge on any atom is -0.385 e. The predicted octanol–water partition coefficient (Wildman–Crippen LogP) is 2.21. The number of hydrogen-bond acceptors (Lipinski definition) is 3. The third-order valence-electron chi connectivity index (χ3n) is 2.80. The maximum Gasteiger partial charge on any atom is 0.0648 e. The largest absolute Gasteiger partial charge is 0.385 e. The summed E-state index contributed by atoms with van der Waals surface area (Å²) in [5.74, 6) is 0. The summed E-state index contributed by atoms with van der Waals surface area (Å²) in [6, 6.07) is 0. The van der Waals surface area contributed by atoms with Crippen LogP contribution in [0.3, 0.4) is 0 Å². The molecule has 1 N–H and O–H groups in total. The van der Waals surface area contributed by atoms with Crippen LogP contribution in [0, 0.1) is 0 Å². The van der Waals surface area contributed by atoms with Gasteiger partial charge >= 0.3 is 0 Å². The van der Waals surface area contributed by atoms with Crippen LogP contribution in [0.5, 0.6) is 0 Å². The fraction of sp³-hybridized carbons (Fsp3) is 1.00. The van der Waals surface area contributed by atoms with Crippen molar-refractivity contribution in [3.05, 3.63) is 0 Å². The van der Waals surface area contributed by atoms with E-state index in [-0.39, 0.29) is 11.1 Å². The third-order valence-corrected chi connectivity index (χ3v) is 2.80. The minimum atomic E-state index is -0.0835. The lowest BCUT2D eigenvalue weighted by atomic mass is 10.0. The molecule has 0 fully saturated rings. The van der Waals surface area contributed by atoms with E-state index in [0.717, 1.165) is 26.1 Å². The van der Waals surface area contributed by atoms with Crippen LogP contribution in [0.15, 0.2) is 0 Å². The van der Waals surface area contributed by atoms with E-state index in [9.17, 15) is 0 Å². The van der Waals surface area contributed by atoms with Crippen molar-refractivity contribution in [3.63, 3.8) is 0 Å². The molecule has 3 nitrogen and oxygen atoms in total. The summed E-state index contributed by atoms with van der Waals surface area (Å²) in [4.78, 5) is 0. The average molecular weight is 217 g/mol. The van der Waals surface area contributed by atoms with Crippen LogP contribution < -0.4 is 5.32 Å². The summed E-state index contributed by atoms with van der Waals surface area (Å²) in [6.07, 6.45) is 1.95. The van der Waals surface area contributed by atoms with Crippen LogP contribution >= 0.6 is 0 Å². The maximum atomic E-state index is 5.85. The van der Waals surface area contributed by atoms with Crippen LogP contribution in [0.1, 0.15) is 40.5 Å². The lowest BCUT2D eigenvalue weighted by Crippen LogP contribution is -2.38. The van der Waals surface area contributed by atoms with Crippen LogP contribution in [0.25, 0.3) is 0 Å². The number of ether oxygens (including phenoxy) is 2. The molecule has 0 amide bonds. The van der Waals surface area contributed by atoms with E-state index in [0.29, 0.717) is 0 Å². The molecular formula is C12H27NO2. The van der Waals surface area contributed by atoms with Gasteiger partial charge < -0.3 is 14.8 Å². The normalized spacial score (nSPS) is 13.2. The van der Waals surface area contributed by atoms with Crippen molar-refractivity contribution in [1.82, 2.24) is 5.32 Å². The van der Waals surface area contributed by atoms with Gasteiger partial charge in [-0.1, -0.05) is 0 Å². The highest BCUT2D eigenvalue weighted by atomic mass is 16.5. The van der Waals surface area contributed by atoms with E-state index in [4.69, 9.17) is 9.47 Å². The van der Waals surface area contributed by atoms with Gasteiger partial charge in [0.1, 0.15) is 0 Å². The van der Waals surface area contributed by atoms with Crippen molar-refractivity contribution >= 4 is 0 Å². The summed E-state index contributed by atoms with van der Waals surface area (Å²) in [5, 5.41) is 3.27. The highest BCUT2D eigenvalue weighted by Crippen LogP contribution is 2.16. The highest BCUT2D eigenvalue weighted by molar-refractivity contribution is 4.76. The summed E-state index contributed by atoms with van der Waals surface area (Å²) in [5.41, 5.74) is 0.0666. The molecule has 0 bridgehead atoms. The molecule has 0 aliphatic carbocycles. The number of rotatable bonds is 8. The van der Waals surface area contributed by atoms with Crippen molar-refractivity contribution in [1.29, 1.82) is 0 Å². The van der Waals surface area contributed by atoms with E-state index in [1.165, 1.54) is 0 Å². The Morgan fingerprint density at radius 3 is 2.07 bits per heavy atom. The van der Waals surface area contributed by atoms with Crippen LogP contribution in [0.2, 0.25) is 0 Å². The zero-order valence-corrected chi connectivity index (χ0v) is 11.1. The second-order valence-corrected chi connectivity index (χ2v) is 5.23. The number of nitrogens with one attached hydrogen (secondary N) is 1. The molecule has 0 heterocycles. The van der Waals surface area contributed by atoms with Crippen molar-refractivity contribution in [3.8, 4) is 0 Å². The molecule has 92 valence electrons. The molecule has 0 aromatic carbocycles. The minimum absolute atomic E-state index is 0.0835. The Bertz CT molecular complexity index is 167. The molecule has 0 saturated heterocycles. The van der Waals surface area contributed by atoms with E-state index in [1.54, 1.807) is 7.11 Å². The van der Waals surface area contributed by atoms with Gasteiger partial charge in [0.15, 0.2) is 0 Å². The first kappa shape index (κ1) is 14.9. The molecule has 0 rings (SSSR count). The fourth-order valence-electron chi connectivity index (χ4n) is 1.13. The van der Waals surface area contributed by atoms with Gasteiger partial charge in [0.05, 0.1) is 5.60 Å². The van der Waals surface area contributed by atoms with Crippen LogP contribution in [0.4, 0.5) is 0 Å². The number of methoxy groups -OCH3 is 1. The Morgan fingerprint density at radius 1 is 1.00 bits per heavy atom. The molecule has 0 aromatic heterocycles. The lowest BCUT2D eigenvalue weighted by Gasteiger charge is -2.29. The first-order valence-corrected chi connectivity index (χ1v) is 5.65. The summed E-state index contributed by atoms with van der Waals surface area (Å²) >= 11 is 0. The van der Waals surface area contributed by atoms with E-state index < -0.39 is 0 Å². The van der Waals surface area contributed by atoms with Gasteiger partial charge in [-0.2, -0.15) is 0 Å². The quantitative estimate of drug-likeness (QED) is 0.676. The molecule has 0 spiro atoms. The van der Waals surface area contributed by atoms with E-state index >= 15 is 0 Å². The van der Waals surface area contributed by atoms with Crippen LogP contribution in [-0.4, -0.2) is 38.5 Å². The zero-order chi connectivity index (χ0) is 11.9. The van der Waals surface area contributed by atoms with Gasteiger partial charge in [-0.3, -0.25) is 0 Å². The fourth-order valence-corrected chi connectivity index (χ4v) is 1.13. The Hall–Kier alpha value is -0.120. The summed E-state index contributed by atoms with van der Waals surface area (Å²) in [7, 11) is 3.70. The van der Waals surface area contributed by atoms with Crippen molar-refractivity contribution < 1.29 is 9.47 Å². The molecule has 0 aliphatic rings. The summed E-state index contributed by atoms with van der Waals surface area (Å²) in [6.45, 7) is 10.1. The van der Waals surface area contributed by atoms with Crippen molar-refractivity contribution in [2.45, 2.75) is 51.7 Å². The highest BCUT2D eigenvalue weighted by Gasteiger charge is 2.20. The average Bonchev–Trinajstić information content (AvgIpc) is 2.14. The topological polar surface area (TPSA) is 30.5 Å². The first-order chi connectivity index (χ1) is 6.83. The molecule has 0 saturated carbocycles. The Labute approximate surface area is 94.5 Å². The molecule has 0 unspecified atom stereocenters. The summed E-state index contributed by atoms with van der Waals surface area (Å²) < 4.78 is 10.9. The molecular weight excluding hydrogens is 190 g/mol. The second-order valence-electron chi connectivity index (χ2n) is 5.23. The lowest BCUT2D eigenvalue weighted by molar-refractivity contribution is -0.0424. The van der Waals surface area contributed by atoms with E-state index in [1.807, 2.05) is 7.05 Å². The molecule has 0 aromatic rings. The second kappa shape index (κ2) is 6.46. The third kappa shape index (κ3) is 7.77. The Balaban J connectivity index is 3.74. The van der Waals surface area contributed by atoms with E-state index in [2.05, 4.69) is 33.0 Å². The molecule has 15 heavy (non-hydrogen) atoms. The van der Waals surface area contributed by atoms with Gasteiger partial charge in [0.2, 0.25) is 0 Å². The maximum absolute atomic E-state index is 5.85. The van der Waals surface area contributed by atoms with Gasteiger partial charge in [-0.25, -0.2) is 0 Å². The molecule has 3 heteroatoms. The molecule has 0 atom stereocenters. The Kier molecular flexibility index (Phi) is 6.41.